The molecule has 2 aliphatic rings. The first-order chi connectivity index (χ1) is 11.7. The lowest BCUT2D eigenvalue weighted by Crippen LogP contribution is -2.39. The first-order valence-corrected chi connectivity index (χ1v) is 8.23. The average molecular weight is 317 g/mol. The number of rotatable bonds is 2. The van der Waals surface area contributed by atoms with E-state index in [9.17, 15) is 4.79 Å². The molecule has 1 atom stereocenters. The molecule has 120 valence electrons. The first-order valence-electron chi connectivity index (χ1n) is 8.23. The Morgan fingerprint density at radius 2 is 1.88 bits per heavy atom. The van der Waals surface area contributed by atoms with E-state index in [4.69, 9.17) is 4.74 Å². The molecule has 2 aliphatic heterocycles. The zero-order chi connectivity index (χ0) is 16.7. The molecule has 1 unspecified atom stereocenters. The fourth-order valence-electron chi connectivity index (χ4n) is 3.45. The van der Waals surface area contributed by atoms with E-state index in [1.165, 1.54) is 5.56 Å². The highest BCUT2D eigenvalue weighted by molar-refractivity contribution is 6.09. The Balaban J connectivity index is 1.76. The quantitative estimate of drug-likeness (QED) is 0.831. The number of anilines is 1. The molecular weight excluding hydrogens is 298 g/mol. The highest BCUT2D eigenvalue weighted by atomic mass is 16.5. The Morgan fingerprint density at radius 3 is 2.67 bits per heavy atom. The Kier molecular flexibility index (Phi) is 3.31. The summed E-state index contributed by atoms with van der Waals surface area (Å²) in [7, 11) is 0. The minimum Gasteiger partial charge on any atom is -0.468 e. The van der Waals surface area contributed by atoms with Crippen LogP contribution < -0.4 is 4.90 Å². The van der Waals surface area contributed by atoms with E-state index in [1.807, 2.05) is 67.6 Å². The summed E-state index contributed by atoms with van der Waals surface area (Å²) in [5, 5.41) is 0. The maximum absolute atomic E-state index is 13.0. The van der Waals surface area contributed by atoms with Crippen LogP contribution in [0.25, 0.3) is 6.08 Å². The van der Waals surface area contributed by atoms with Crippen molar-refractivity contribution in [2.45, 2.75) is 19.4 Å². The fourth-order valence-corrected chi connectivity index (χ4v) is 3.45. The highest BCUT2D eigenvalue weighted by Gasteiger charge is 2.53. The SMILES string of the molecule is CCN1C(=O)C2(C=C/C(=C/c3ccccc3C)O2)c2ccccc21. The summed E-state index contributed by atoms with van der Waals surface area (Å²) in [4.78, 5) is 14.8. The predicted octanol–water partition coefficient (Wildman–Crippen LogP) is 4.18. The first kappa shape index (κ1) is 14.8. The summed E-state index contributed by atoms with van der Waals surface area (Å²) in [6.45, 7) is 4.68. The van der Waals surface area contributed by atoms with Crippen molar-refractivity contribution in [3.05, 3.63) is 83.1 Å². The van der Waals surface area contributed by atoms with Gasteiger partial charge < -0.3 is 9.64 Å². The van der Waals surface area contributed by atoms with E-state index >= 15 is 0 Å². The van der Waals surface area contributed by atoms with E-state index in [0.29, 0.717) is 12.3 Å². The topological polar surface area (TPSA) is 29.5 Å². The summed E-state index contributed by atoms with van der Waals surface area (Å²) in [6.07, 6.45) is 5.78. The van der Waals surface area contributed by atoms with Gasteiger partial charge in [0.05, 0.1) is 5.69 Å². The molecular formula is C21H19NO2. The van der Waals surface area contributed by atoms with Gasteiger partial charge in [-0.1, -0.05) is 42.5 Å². The van der Waals surface area contributed by atoms with Crippen molar-refractivity contribution >= 4 is 17.7 Å². The van der Waals surface area contributed by atoms with Crippen LogP contribution in [0, 0.1) is 6.92 Å². The van der Waals surface area contributed by atoms with Gasteiger partial charge in [0.15, 0.2) is 0 Å². The van der Waals surface area contributed by atoms with Crippen LogP contribution >= 0.6 is 0 Å². The Bertz CT molecular complexity index is 881. The van der Waals surface area contributed by atoms with Crippen LogP contribution in [-0.4, -0.2) is 12.5 Å². The molecule has 0 aliphatic carbocycles. The standard InChI is InChI=1S/C21H19NO2/c1-3-22-19-11-7-6-10-18(19)21(20(22)23)13-12-17(24-21)14-16-9-5-4-8-15(16)2/h4-14H,3H2,1-2H3/b17-14-. The number of ether oxygens (including phenoxy) is 1. The molecule has 24 heavy (non-hydrogen) atoms. The maximum atomic E-state index is 13.0. The van der Waals surface area contributed by atoms with Crippen molar-refractivity contribution in [2.75, 3.05) is 11.4 Å². The number of carbonyl (C=O) groups excluding carboxylic acids is 1. The van der Waals surface area contributed by atoms with Crippen LogP contribution in [0.1, 0.15) is 23.6 Å². The lowest BCUT2D eigenvalue weighted by atomic mass is 9.96. The second-order valence-electron chi connectivity index (χ2n) is 6.14. The average Bonchev–Trinajstić information content (AvgIpc) is 3.12. The number of hydrogen-bond donors (Lipinski definition) is 0. The highest BCUT2D eigenvalue weighted by Crippen LogP contribution is 2.47. The Morgan fingerprint density at radius 1 is 1.12 bits per heavy atom. The van der Waals surface area contributed by atoms with E-state index < -0.39 is 5.60 Å². The number of aryl methyl sites for hydroxylation is 1. The lowest BCUT2D eigenvalue weighted by Gasteiger charge is -2.22. The van der Waals surface area contributed by atoms with Crippen LogP contribution in [0.3, 0.4) is 0 Å². The third-order valence-corrected chi connectivity index (χ3v) is 4.72. The molecule has 0 N–H and O–H groups in total. The van der Waals surface area contributed by atoms with Crippen molar-refractivity contribution in [1.82, 2.24) is 0 Å². The smallest absolute Gasteiger partial charge is 0.280 e. The molecule has 0 saturated heterocycles. The molecule has 4 rings (SSSR count). The summed E-state index contributed by atoms with van der Waals surface area (Å²) in [5.74, 6) is 0.695. The van der Waals surface area contributed by atoms with Crippen molar-refractivity contribution in [1.29, 1.82) is 0 Å². The molecule has 0 saturated carbocycles. The number of fused-ring (bicyclic) bond motifs is 2. The number of amides is 1. The Hall–Kier alpha value is -2.81. The number of allylic oxidation sites excluding steroid dienone is 1. The minimum atomic E-state index is -1.01. The molecule has 2 aromatic carbocycles. The van der Waals surface area contributed by atoms with Crippen LogP contribution in [0.2, 0.25) is 0 Å². The van der Waals surface area contributed by atoms with Crippen molar-refractivity contribution in [3.63, 3.8) is 0 Å². The summed E-state index contributed by atoms with van der Waals surface area (Å²) >= 11 is 0. The second-order valence-corrected chi connectivity index (χ2v) is 6.14. The molecule has 0 radical (unpaired) electrons. The zero-order valence-corrected chi connectivity index (χ0v) is 13.8. The number of hydrogen-bond acceptors (Lipinski definition) is 2. The third-order valence-electron chi connectivity index (χ3n) is 4.72. The van der Waals surface area contributed by atoms with Gasteiger partial charge >= 0.3 is 0 Å². The number of likely N-dealkylation sites (N-methyl/N-ethyl adjacent to an activating group) is 1. The van der Waals surface area contributed by atoms with Gasteiger partial charge in [-0.2, -0.15) is 0 Å². The number of para-hydroxylation sites is 1. The fraction of sp³-hybridized carbons (Fsp3) is 0.190. The van der Waals surface area contributed by atoms with Gasteiger partial charge in [0.25, 0.3) is 5.91 Å². The van der Waals surface area contributed by atoms with E-state index in [0.717, 1.165) is 16.8 Å². The largest absolute Gasteiger partial charge is 0.468 e. The van der Waals surface area contributed by atoms with Crippen LogP contribution in [0.5, 0.6) is 0 Å². The number of nitrogens with zero attached hydrogens (tertiary/aromatic N) is 1. The van der Waals surface area contributed by atoms with Gasteiger partial charge in [-0.15, -0.1) is 0 Å². The van der Waals surface area contributed by atoms with Gasteiger partial charge in [0.2, 0.25) is 5.60 Å². The predicted molar refractivity (Wildman–Crippen MR) is 95.5 cm³/mol. The number of carbonyl (C=O) groups is 1. The zero-order valence-electron chi connectivity index (χ0n) is 13.8. The summed E-state index contributed by atoms with van der Waals surface area (Å²) < 4.78 is 6.20. The van der Waals surface area contributed by atoms with Gasteiger partial charge in [0, 0.05) is 12.1 Å². The van der Waals surface area contributed by atoms with Gasteiger partial charge in [-0.3, -0.25) is 4.79 Å². The third kappa shape index (κ3) is 2.01. The molecule has 1 spiro atoms. The van der Waals surface area contributed by atoms with Gasteiger partial charge in [0.1, 0.15) is 5.76 Å². The van der Waals surface area contributed by atoms with Crippen LogP contribution in [-0.2, 0) is 15.1 Å². The normalized spacial score (nSPS) is 23.2. The van der Waals surface area contributed by atoms with Gasteiger partial charge in [-0.25, -0.2) is 0 Å². The molecule has 2 aromatic rings. The summed E-state index contributed by atoms with van der Waals surface area (Å²) in [6, 6.07) is 16.0. The van der Waals surface area contributed by atoms with Crippen molar-refractivity contribution in [3.8, 4) is 0 Å². The van der Waals surface area contributed by atoms with E-state index in [1.54, 1.807) is 4.90 Å². The van der Waals surface area contributed by atoms with E-state index in [2.05, 4.69) is 13.0 Å². The second kappa shape index (κ2) is 5.38. The monoisotopic (exact) mass is 317 g/mol. The summed E-state index contributed by atoms with van der Waals surface area (Å²) in [5.41, 5.74) is 3.12. The van der Waals surface area contributed by atoms with E-state index in [-0.39, 0.29) is 5.91 Å². The Labute approximate surface area is 141 Å². The maximum Gasteiger partial charge on any atom is 0.280 e. The molecule has 0 bridgehead atoms. The molecule has 1 amide bonds. The molecule has 0 fully saturated rings. The molecule has 3 nitrogen and oxygen atoms in total. The lowest BCUT2D eigenvalue weighted by molar-refractivity contribution is -0.131. The number of benzene rings is 2. The van der Waals surface area contributed by atoms with Crippen LogP contribution in [0.4, 0.5) is 5.69 Å². The van der Waals surface area contributed by atoms with Crippen molar-refractivity contribution in [2.24, 2.45) is 0 Å². The molecule has 0 aromatic heterocycles. The van der Waals surface area contributed by atoms with Crippen LogP contribution in [0.15, 0.2) is 66.4 Å². The minimum absolute atomic E-state index is 0.0179. The molecule has 3 heteroatoms. The van der Waals surface area contributed by atoms with Crippen molar-refractivity contribution < 1.29 is 9.53 Å². The van der Waals surface area contributed by atoms with Gasteiger partial charge in [-0.05, 0) is 49.3 Å². The molecule has 2 heterocycles.